The second kappa shape index (κ2) is 7.70. The molecule has 0 fully saturated rings. The second-order valence-corrected chi connectivity index (χ2v) is 4.87. The van der Waals surface area contributed by atoms with Gasteiger partial charge in [-0.1, -0.05) is 30.3 Å². The van der Waals surface area contributed by atoms with Gasteiger partial charge in [0.05, 0.1) is 19.8 Å². The molecular formula is C18H22O3. The number of rotatable bonds is 7. The lowest BCUT2D eigenvalue weighted by Crippen LogP contribution is -2.03. The van der Waals surface area contributed by atoms with E-state index in [-0.39, 0.29) is 0 Å². The molecule has 2 aromatic carbocycles. The van der Waals surface area contributed by atoms with Crippen LogP contribution in [0.5, 0.6) is 11.5 Å². The molecule has 0 aliphatic heterocycles. The van der Waals surface area contributed by atoms with Gasteiger partial charge in [-0.3, -0.25) is 0 Å². The summed E-state index contributed by atoms with van der Waals surface area (Å²) in [5.74, 6) is 1.61. The largest absolute Gasteiger partial charge is 0.497 e. The fraction of sp³-hybridized carbons (Fsp3) is 0.333. The topological polar surface area (TPSA) is 38.7 Å². The van der Waals surface area contributed by atoms with E-state index in [9.17, 15) is 5.11 Å². The predicted octanol–water partition coefficient (Wildman–Crippen LogP) is 3.76. The molecule has 1 N–H and O–H groups in total. The van der Waals surface area contributed by atoms with Crippen LogP contribution >= 0.6 is 0 Å². The Morgan fingerprint density at radius 1 is 1.05 bits per heavy atom. The maximum Gasteiger partial charge on any atom is 0.125 e. The number of ether oxygens (including phenoxy) is 2. The van der Waals surface area contributed by atoms with Crippen molar-refractivity contribution < 1.29 is 14.6 Å². The minimum Gasteiger partial charge on any atom is -0.497 e. The summed E-state index contributed by atoms with van der Waals surface area (Å²) < 4.78 is 10.7. The van der Waals surface area contributed by atoms with Crippen LogP contribution in [0.2, 0.25) is 0 Å². The molecular weight excluding hydrogens is 264 g/mol. The molecule has 0 saturated carbocycles. The van der Waals surface area contributed by atoms with Gasteiger partial charge < -0.3 is 14.6 Å². The Morgan fingerprint density at radius 2 is 1.76 bits per heavy atom. The van der Waals surface area contributed by atoms with Crippen molar-refractivity contribution in [1.29, 1.82) is 0 Å². The van der Waals surface area contributed by atoms with Gasteiger partial charge in [0.1, 0.15) is 11.5 Å². The summed E-state index contributed by atoms with van der Waals surface area (Å²) in [4.78, 5) is 0. The monoisotopic (exact) mass is 286 g/mol. The standard InChI is InChI=1S/C18H22O3/c1-3-21-18-7-5-4-6-16(18)17(19)13-10-14-8-11-15(20-2)12-9-14/h4-9,11-12,17,19H,3,10,13H2,1-2H3. The van der Waals surface area contributed by atoms with Crippen LogP contribution in [0, 0.1) is 0 Å². The highest BCUT2D eigenvalue weighted by Gasteiger charge is 2.13. The summed E-state index contributed by atoms with van der Waals surface area (Å²) >= 11 is 0. The van der Waals surface area contributed by atoms with Gasteiger partial charge in [0.25, 0.3) is 0 Å². The zero-order chi connectivity index (χ0) is 15.1. The normalized spacial score (nSPS) is 12.0. The minimum atomic E-state index is -0.519. The Morgan fingerprint density at radius 3 is 2.43 bits per heavy atom. The van der Waals surface area contributed by atoms with E-state index in [1.54, 1.807) is 7.11 Å². The predicted molar refractivity (Wildman–Crippen MR) is 83.9 cm³/mol. The van der Waals surface area contributed by atoms with Crippen molar-refractivity contribution in [2.45, 2.75) is 25.9 Å². The number of benzene rings is 2. The lowest BCUT2D eigenvalue weighted by atomic mass is 10.0. The van der Waals surface area contributed by atoms with E-state index < -0.39 is 6.10 Å². The third-order valence-electron chi connectivity index (χ3n) is 3.44. The molecule has 0 aliphatic rings. The van der Waals surface area contributed by atoms with E-state index in [1.807, 2.05) is 55.5 Å². The zero-order valence-electron chi connectivity index (χ0n) is 12.6. The van der Waals surface area contributed by atoms with Gasteiger partial charge in [0, 0.05) is 5.56 Å². The van der Waals surface area contributed by atoms with Crippen LogP contribution in [0.4, 0.5) is 0 Å². The number of aliphatic hydroxyl groups is 1. The first kappa shape index (κ1) is 15.4. The molecule has 2 aromatic rings. The molecule has 1 atom stereocenters. The van der Waals surface area contributed by atoms with Gasteiger partial charge in [-0.25, -0.2) is 0 Å². The van der Waals surface area contributed by atoms with E-state index in [4.69, 9.17) is 9.47 Å². The molecule has 0 aromatic heterocycles. The van der Waals surface area contributed by atoms with Crippen molar-refractivity contribution in [1.82, 2.24) is 0 Å². The van der Waals surface area contributed by atoms with Gasteiger partial charge in [-0.15, -0.1) is 0 Å². The molecule has 0 amide bonds. The van der Waals surface area contributed by atoms with Crippen LogP contribution in [0.1, 0.15) is 30.6 Å². The number of aliphatic hydroxyl groups excluding tert-OH is 1. The van der Waals surface area contributed by atoms with Gasteiger partial charge >= 0.3 is 0 Å². The van der Waals surface area contributed by atoms with Crippen molar-refractivity contribution in [3.8, 4) is 11.5 Å². The maximum atomic E-state index is 10.4. The van der Waals surface area contributed by atoms with Crippen LogP contribution in [-0.4, -0.2) is 18.8 Å². The highest BCUT2D eigenvalue weighted by Crippen LogP contribution is 2.28. The molecule has 0 radical (unpaired) electrons. The highest BCUT2D eigenvalue weighted by molar-refractivity contribution is 5.35. The maximum absolute atomic E-state index is 10.4. The summed E-state index contributed by atoms with van der Waals surface area (Å²) in [6, 6.07) is 15.6. The Balaban J connectivity index is 1.99. The average molecular weight is 286 g/mol. The Hall–Kier alpha value is -2.00. The van der Waals surface area contributed by atoms with Gasteiger partial charge in [0.2, 0.25) is 0 Å². The van der Waals surface area contributed by atoms with Crippen LogP contribution in [0.25, 0.3) is 0 Å². The molecule has 0 aliphatic carbocycles. The Kier molecular flexibility index (Phi) is 5.64. The van der Waals surface area contributed by atoms with E-state index in [2.05, 4.69) is 0 Å². The van der Waals surface area contributed by atoms with Crippen molar-refractivity contribution >= 4 is 0 Å². The summed E-state index contributed by atoms with van der Waals surface area (Å²) in [6.07, 6.45) is 0.956. The van der Waals surface area contributed by atoms with E-state index >= 15 is 0 Å². The molecule has 0 heterocycles. The lowest BCUT2D eigenvalue weighted by molar-refractivity contribution is 0.162. The molecule has 21 heavy (non-hydrogen) atoms. The van der Waals surface area contributed by atoms with Crippen LogP contribution < -0.4 is 9.47 Å². The number of hydrogen-bond acceptors (Lipinski definition) is 3. The van der Waals surface area contributed by atoms with Crippen LogP contribution in [0.3, 0.4) is 0 Å². The molecule has 3 heteroatoms. The third-order valence-corrected chi connectivity index (χ3v) is 3.44. The smallest absolute Gasteiger partial charge is 0.125 e. The molecule has 0 saturated heterocycles. The number of methoxy groups -OCH3 is 1. The fourth-order valence-corrected chi connectivity index (χ4v) is 2.29. The second-order valence-electron chi connectivity index (χ2n) is 4.87. The summed E-state index contributed by atoms with van der Waals surface area (Å²) in [5.41, 5.74) is 2.04. The van der Waals surface area contributed by atoms with Crippen molar-refractivity contribution in [3.63, 3.8) is 0 Å². The first-order chi connectivity index (χ1) is 10.2. The summed E-state index contributed by atoms with van der Waals surface area (Å²) in [5, 5.41) is 10.4. The molecule has 1 unspecified atom stereocenters. The third kappa shape index (κ3) is 4.23. The van der Waals surface area contributed by atoms with E-state index in [0.29, 0.717) is 13.0 Å². The van der Waals surface area contributed by atoms with Gasteiger partial charge in [-0.05, 0) is 43.5 Å². The first-order valence-electron chi connectivity index (χ1n) is 7.27. The Bertz CT molecular complexity index is 549. The highest BCUT2D eigenvalue weighted by atomic mass is 16.5. The van der Waals surface area contributed by atoms with Gasteiger partial charge in [0.15, 0.2) is 0 Å². The summed E-state index contributed by atoms with van der Waals surface area (Å²) in [6.45, 7) is 2.54. The van der Waals surface area contributed by atoms with Crippen molar-refractivity contribution in [2.24, 2.45) is 0 Å². The quantitative estimate of drug-likeness (QED) is 0.842. The number of para-hydroxylation sites is 1. The molecule has 0 spiro atoms. The van der Waals surface area contributed by atoms with E-state index in [0.717, 1.165) is 23.5 Å². The Labute approximate surface area is 126 Å². The van der Waals surface area contributed by atoms with Crippen LogP contribution in [0.15, 0.2) is 48.5 Å². The number of hydrogen-bond donors (Lipinski definition) is 1. The van der Waals surface area contributed by atoms with Crippen molar-refractivity contribution in [2.75, 3.05) is 13.7 Å². The van der Waals surface area contributed by atoms with Crippen LogP contribution in [-0.2, 0) is 6.42 Å². The van der Waals surface area contributed by atoms with Crippen molar-refractivity contribution in [3.05, 3.63) is 59.7 Å². The first-order valence-corrected chi connectivity index (χ1v) is 7.27. The van der Waals surface area contributed by atoms with E-state index in [1.165, 1.54) is 5.56 Å². The average Bonchev–Trinajstić information content (AvgIpc) is 2.54. The van der Waals surface area contributed by atoms with Gasteiger partial charge in [-0.2, -0.15) is 0 Å². The fourth-order valence-electron chi connectivity index (χ4n) is 2.29. The lowest BCUT2D eigenvalue weighted by Gasteiger charge is -2.15. The zero-order valence-corrected chi connectivity index (χ0v) is 12.6. The minimum absolute atomic E-state index is 0.519. The summed E-state index contributed by atoms with van der Waals surface area (Å²) in [7, 11) is 1.66. The molecule has 2 rings (SSSR count). The molecule has 3 nitrogen and oxygen atoms in total. The molecule has 0 bridgehead atoms. The SMILES string of the molecule is CCOc1ccccc1C(O)CCc1ccc(OC)cc1. The molecule has 112 valence electrons. The number of aryl methyl sites for hydroxylation is 1.